The first-order valence-electron chi connectivity index (χ1n) is 10.8. The van der Waals surface area contributed by atoms with E-state index < -0.39 is 0 Å². The van der Waals surface area contributed by atoms with Crippen LogP contribution in [0.2, 0.25) is 0 Å². The molecule has 4 atom stereocenters. The van der Waals surface area contributed by atoms with Crippen molar-refractivity contribution < 1.29 is 18.9 Å². The molecule has 2 aromatic rings. The summed E-state index contributed by atoms with van der Waals surface area (Å²) < 4.78 is 22.3. The van der Waals surface area contributed by atoms with Gasteiger partial charge in [0.25, 0.3) is 0 Å². The van der Waals surface area contributed by atoms with E-state index in [0.717, 1.165) is 11.5 Å². The second kappa shape index (κ2) is 7.33. The van der Waals surface area contributed by atoms with Gasteiger partial charge < -0.3 is 18.9 Å². The molecule has 29 heavy (non-hydrogen) atoms. The Labute approximate surface area is 173 Å². The van der Waals surface area contributed by atoms with E-state index in [2.05, 4.69) is 52.0 Å². The molecule has 2 aromatic carbocycles. The summed E-state index contributed by atoms with van der Waals surface area (Å²) >= 11 is 0. The molecule has 0 radical (unpaired) electrons. The molecule has 4 unspecified atom stereocenters. The van der Waals surface area contributed by atoms with Gasteiger partial charge in [0.15, 0.2) is 0 Å². The quantitative estimate of drug-likeness (QED) is 0.612. The lowest BCUT2D eigenvalue weighted by molar-refractivity contribution is 0.177. The average molecular weight is 395 g/mol. The van der Waals surface area contributed by atoms with Gasteiger partial charge in [-0.2, -0.15) is 0 Å². The van der Waals surface area contributed by atoms with Crippen LogP contribution in [0.3, 0.4) is 0 Å². The van der Waals surface area contributed by atoms with Gasteiger partial charge in [-0.1, -0.05) is 24.3 Å². The minimum absolute atomic E-state index is 0.0426. The minimum Gasteiger partial charge on any atom is -0.462 e. The van der Waals surface area contributed by atoms with Crippen LogP contribution in [-0.2, 0) is 9.47 Å². The molecule has 2 heterocycles. The van der Waals surface area contributed by atoms with E-state index in [4.69, 9.17) is 18.9 Å². The number of aryl methyl sites for hydroxylation is 4. The Bertz CT molecular complexity index is 805. The van der Waals surface area contributed by atoms with Crippen molar-refractivity contribution in [1.82, 2.24) is 0 Å². The fraction of sp³-hybridized carbons (Fsp3) is 0.520. The van der Waals surface area contributed by atoms with Crippen molar-refractivity contribution in [2.75, 3.05) is 13.2 Å². The van der Waals surface area contributed by atoms with E-state index in [1.807, 2.05) is 0 Å². The number of hydrogen-bond acceptors (Lipinski definition) is 4. The molecule has 2 saturated heterocycles. The molecule has 5 rings (SSSR count). The maximum absolute atomic E-state index is 5.92. The summed E-state index contributed by atoms with van der Waals surface area (Å²) in [6.45, 7) is 10.0. The first kappa shape index (κ1) is 19.0. The summed E-state index contributed by atoms with van der Waals surface area (Å²) in [6.07, 6.45) is 3.59. The molecule has 3 aliphatic rings. The van der Waals surface area contributed by atoms with Gasteiger partial charge in [0.05, 0.1) is 0 Å². The molecule has 2 aliphatic heterocycles. The zero-order valence-electron chi connectivity index (χ0n) is 17.8. The van der Waals surface area contributed by atoms with E-state index >= 15 is 0 Å². The van der Waals surface area contributed by atoms with Crippen molar-refractivity contribution in [3.63, 3.8) is 0 Å². The predicted molar refractivity (Wildman–Crippen MR) is 112 cm³/mol. The standard InChI is InChI=1S/C25H30O4/c1-14-7-20(8-15(2)24(14)28-22-12-26-22)18-5-6-19(11-18)21-9-16(3)25(17(4)10-21)29-23-13-27-23/h7-10,18-19,22-23H,5-6,11-13H2,1-4H3. The van der Waals surface area contributed by atoms with Gasteiger partial charge in [0.1, 0.15) is 24.7 Å². The summed E-state index contributed by atoms with van der Waals surface area (Å²) in [7, 11) is 0. The lowest BCUT2D eigenvalue weighted by Gasteiger charge is -2.18. The van der Waals surface area contributed by atoms with Gasteiger partial charge in [-0.3, -0.25) is 0 Å². The second-order valence-corrected chi connectivity index (χ2v) is 8.94. The smallest absolute Gasteiger partial charge is 0.223 e. The largest absolute Gasteiger partial charge is 0.462 e. The van der Waals surface area contributed by atoms with Crippen LogP contribution in [0.4, 0.5) is 0 Å². The van der Waals surface area contributed by atoms with Gasteiger partial charge in [-0.05, 0) is 92.2 Å². The Kier molecular flexibility index (Phi) is 4.79. The fourth-order valence-electron chi connectivity index (χ4n) is 4.88. The summed E-state index contributed by atoms with van der Waals surface area (Å²) in [5.41, 5.74) is 7.77. The molecular weight excluding hydrogens is 364 g/mol. The van der Waals surface area contributed by atoms with Crippen molar-refractivity contribution in [3.05, 3.63) is 57.6 Å². The maximum Gasteiger partial charge on any atom is 0.223 e. The van der Waals surface area contributed by atoms with Crippen LogP contribution in [0.15, 0.2) is 24.3 Å². The van der Waals surface area contributed by atoms with E-state index in [1.54, 1.807) is 0 Å². The van der Waals surface area contributed by atoms with Gasteiger partial charge >= 0.3 is 0 Å². The van der Waals surface area contributed by atoms with Crippen LogP contribution in [0, 0.1) is 27.7 Å². The summed E-state index contributed by atoms with van der Waals surface area (Å²) in [5.74, 6) is 3.21. The molecule has 4 nitrogen and oxygen atoms in total. The third-order valence-electron chi connectivity index (χ3n) is 6.44. The Balaban J connectivity index is 1.32. The van der Waals surface area contributed by atoms with E-state index in [0.29, 0.717) is 25.0 Å². The molecule has 154 valence electrons. The third-order valence-corrected chi connectivity index (χ3v) is 6.44. The summed E-state index contributed by atoms with van der Waals surface area (Å²) in [4.78, 5) is 0. The van der Waals surface area contributed by atoms with Gasteiger partial charge in [0, 0.05) is 0 Å². The Morgan fingerprint density at radius 1 is 0.655 bits per heavy atom. The van der Waals surface area contributed by atoms with Crippen LogP contribution >= 0.6 is 0 Å². The lowest BCUT2D eigenvalue weighted by atomic mass is 9.90. The van der Waals surface area contributed by atoms with Gasteiger partial charge in [0.2, 0.25) is 12.6 Å². The normalized spacial score (nSPS) is 27.7. The summed E-state index contributed by atoms with van der Waals surface area (Å²) in [5, 5.41) is 0. The van der Waals surface area contributed by atoms with E-state index in [1.165, 1.54) is 52.6 Å². The predicted octanol–water partition coefficient (Wildman–Crippen LogP) is 5.44. The maximum atomic E-state index is 5.92. The highest BCUT2D eigenvalue weighted by molar-refractivity contribution is 5.47. The highest BCUT2D eigenvalue weighted by Crippen LogP contribution is 2.46. The zero-order chi connectivity index (χ0) is 20.1. The lowest BCUT2D eigenvalue weighted by Crippen LogP contribution is -2.04. The monoisotopic (exact) mass is 394 g/mol. The number of rotatable bonds is 6. The molecule has 0 aromatic heterocycles. The molecule has 0 N–H and O–H groups in total. The molecule has 3 fully saturated rings. The molecule has 1 aliphatic carbocycles. The number of hydrogen-bond donors (Lipinski definition) is 0. The topological polar surface area (TPSA) is 43.5 Å². The van der Waals surface area contributed by atoms with Crippen LogP contribution in [-0.4, -0.2) is 25.8 Å². The molecule has 4 heteroatoms. The highest BCUT2D eigenvalue weighted by Gasteiger charge is 2.31. The number of epoxide rings is 2. The molecule has 0 spiro atoms. The average Bonchev–Trinajstić information content (AvgIpc) is 3.60. The highest BCUT2D eigenvalue weighted by atomic mass is 16.8. The first-order valence-corrected chi connectivity index (χ1v) is 10.8. The molecule has 0 bridgehead atoms. The first-order chi connectivity index (χ1) is 14.0. The van der Waals surface area contributed by atoms with E-state index in [-0.39, 0.29) is 12.6 Å². The Morgan fingerprint density at radius 3 is 1.31 bits per heavy atom. The van der Waals surface area contributed by atoms with Crippen molar-refractivity contribution >= 4 is 0 Å². The molecular formula is C25H30O4. The van der Waals surface area contributed by atoms with Crippen LogP contribution in [0.25, 0.3) is 0 Å². The van der Waals surface area contributed by atoms with Crippen molar-refractivity contribution in [2.45, 2.75) is 71.4 Å². The van der Waals surface area contributed by atoms with Crippen LogP contribution in [0.5, 0.6) is 11.5 Å². The van der Waals surface area contributed by atoms with Crippen molar-refractivity contribution in [2.24, 2.45) is 0 Å². The zero-order valence-corrected chi connectivity index (χ0v) is 17.8. The number of benzene rings is 2. The molecule has 0 amide bonds. The second-order valence-electron chi connectivity index (χ2n) is 8.94. The Hall–Kier alpha value is -2.04. The van der Waals surface area contributed by atoms with Crippen molar-refractivity contribution in [3.8, 4) is 11.5 Å². The van der Waals surface area contributed by atoms with Crippen LogP contribution < -0.4 is 9.47 Å². The third kappa shape index (κ3) is 4.01. The minimum atomic E-state index is -0.0426. The van der Waals surface area contributed by atoms with Gasteiger partial charge in [-0.25, -0.2) is 0 Å². The SMILES string of the molecule is Cc1cc(C2CCC(c3cc(C)c(OC4CO4)c(C)c3)C2)cc(C)c1OC1CO1. The molecule has 1 saturated carbocycles. The van der Waals surface area contributed by atoms with Crippen LogP contribution in [0.1, 0.15) is 64.5 Å². The fourth-order valence-corrected chi connectivity index (χ4v) is 4.88. The summed E-state index contributed by atoms with van der Waals surface area (Å²) in [6, 6.07) is 9.28. The van der Waals surface area contributed by atoms with E-state index in [9.17, 15) is 0 Å². The Morgan fingerprint density at radius 2 is 1.00 bits per heavy atom. The van der Waals surface area contributed by atoms with Gasteiger partial charge in [-0.15, -0.1) is 0 Å². The van der Waals surface area contributed by atoms with Crippen molar-refractivity contribution in [1.29, 1.82) is 0 Å². The number of ether oxygens (including phenoxy) is 4.